The maximum atomic E-state index is 10.9. The minimum Gasteiger partial charge on any atom is -0.464 e. The van der Waals surface area contributed by atoms with Gasteiger partial charge in [-0.2, -0.15) is 0 Å². The third kappa shape index (κ3) is 8.83. The van der Waals surface area contributed by atoms with Crippen LogP contribution in [0.15, 0.2) is 0 Å². The topological polar surface area (TPSA) is 81.4 Å². The van der Waals surface area contributed by atoms with Crippen LogP contribution >= 0.6 is 0 Å². The highest BCUT2D eigenvalue weighted by molar-refractivity contribution is 5.79. The number of ether oxygens (including phenoxy) is 1. The lowest BCUT2D eigenvalue weighted by molar-refractivity contribution is -0.142. The van der Waals surface area contributed by atoms with Crippen LogP contribution in [0.4, 0.5) is 4.79 Å². The summed E-state index contributed by atoms with van der Waals surface area (Å²) in [7, 11) is 0. The molecule has 0 rings (SSSR count). The number of carbonyl (C=O) groups is 2. The molecular weight excluding hydrogens is 184 g/mol. The summed E-state index contributed by atoms with van der Waals surface area (Å²) in [6.45, 7) is 2.38. The van der Waals surface area contributed by atoms with Crippen molar-refractivity contribution in [2.75, 3.05) is 13.2 Å². The van der Waals surface area contributed by atoms with Crippen LogP contribution in [0.3, 0.4) is 0 Å². The Bertz CT molecular complexity index is 183. The Morgan fingerprint density at radius 2 is 2.00 bits per heavy atom. The Morgan fingerprint density at radius 1 is 1.29 bits per heavy atom. The van der Waals surface area contributed by atoms with Crippen LogP contribution in [-0.4, -0.2) is 25.2 Å². The van der Waals surface area contributed by atoms with E-state index >= 15 is 0 Å². The standard InChI is InChI=1S/C9H18N2O3/c1-2-3-4-5-6-14-8(12)7-11-9(10)13/h2-7H2,1H3,(H3,10,11,13). The zero-order valence-electron chi connectivity index (χ0n) is 8.54. The lowest BCUT2D eigenvalue weighted by Crippen LogP contribution is -2.34. The van der Waals surface area contributed by atoms with Crippen molar-refractivity contribution < 1.29 is 14.3 Å². The van der Waals surface area contributed by atoms with Gasteiger partial charge in [0, 0.05) is 0 Å². The Morgan fingerprint density at radius 3 is 2.57 bits per heavy atom. The van der Waals surface area contributed by atoms with Crippen molar-refractivity contribution in [2.45, 2.75) is 32.6 Å². The van der Waals surface area contributed by atoms with E-state index in [-0.39, 0.29) is 6.54 Å². The molecule has 82 valence electrons. The normalized spacial score (nSPS) is 9.50. The maximum Gasteiger partial charge on any atom is 0.325 e. The molecule has 0 bridgehead atoms. The van der Waals surface area contributed by atoms with Crippen LogP contribution < -0.4 is 11.1 Å². The smallest absolute Gasteiger partial charge is 0.325 e. The van der Waals surface area contributed by atoms with Gasteiger partial charge in [-0.15, -0.1) is 0 Å². The van der Waals surface area contributed by atoms with E-state index in [1.807, 2.05) is 0 Å². The number of urea groups is 1. The molecule has 2 amide bonds. The van der Waals surface area contributed by atoms with Gasteiger partial charge < -0.3 is 15.8 Å². The van der Waals surface area contributed by atoms with Gasteiger partial charge in [0.15, 0.2) is 0 Å². The van der Waals surface area contributed by atoms with Crippen molar-refractivity contribution in [3.63, 3.8) is 0 Å². The number of primary amides is 1. The van der Waals surface area contributed by atoms with Crippen molar-refractivity contribution in [3.05, 3.63) is 0 Å². The first-order valence-corrected chi connectivity index (χ1v) is 4.85. The number of rotatable bonds is 7. The summed E-state index contributed by atoms with van der Waals surface area (Å²) in [4.78, 5) is 21.1. The third-order valence-corrected chi connectivity index (χ3v) is 1.67. The van der Waals surface area contributed by atoms with E-state index in [9.17, 15) is 9.59 Å². The largest absolute Gasteiger partial charge is 0.464 e. The molecule has 0 aromatic carbocycles. The minimum absolute atomic E-state index is 0.150. The van der Waals surface area contributed by atoms with E-state index < -0.39 is 12.0 Å². The van der Waals surface area contributed by atoms with Crippen molar-refractivity contribution >= 4 is 12.0 Å². The van der Waals surface area contributed by atoms with Gasteiger partial charge in [0.2, 0.25) is 0 Å². The fourth-order valence-corrected chi connectivity index (χ4v) is 0.925. The highest BCUT2D eigenvalue weighted by Crippen LogP contribution is 1.98. The molecule has 0 spiro atoms. The Hall–Kier alpha value is -1.26. The molecule has 0 heterocycles. The van der Waals surface area contributed by atoms with Crippen LogP contribution in [0.5, 0.6) is 0 Å². The summed E-state index contributed by atoms with van der Waals surface area (Å²) in [6.07, 6.45) is 4.23. The third-order valence-electron chi connectivity index (χ3n) is 1.67. The van der Waals surface area contributed by atoms with E-state index in [1.54, 1.807) is 0 Å². The molecule has 0 atom stereocenters. The monoisotopic (exact) mass is 202 g/mol. The number of amides is 2. The lowest BCUT2D eigenvalue weighted by Gasteiger charge is -2.04. The maximum absolute atomic E-state index is 10.9. The van der Waals surface area contributed by atoms with Crippen LogP contribution in [0.2, 0.25) is 0 Å². The number of nitrogens with two attached hydrogens (primary N) is 1. The second kappa shape index (κ2) is 8.34. The molecule has 0 aromatic heterocycles. The average Bonchev–Trinajstić information content (AvgIpc) is 2.14. The van der Waals surface area contributed by atoms with E-state index in [0.29, 0.717) is 6.61 Å². The molecule has 0 aliphatic rings. The fraction of sp³-hybridized carbons (Fsp3) is 0.778. The molecular formula is C9H18N2O3. The molecule has 0 aliphatic heterocycles. The molecule has 5 nitrogen and oxygen atoms in total. The van der Waals surface area contributed by atoms with Crippen molar-refractivity contribution in [2.24, 2.45) is 5.73 Å². The quantitative estimate of drug-likeness (QED) is 0.472. The van der Waals surface area contributed by atoms with E-state index in [4.69, 9.17) is 10.5 Å². The Labute approximate surface area is 84.0 Å². The first kappa shape index (κ1) is 12.7. The van der Waals surface area contributed by atoms with Gasteiger partial charge in [0.05, 0.1) is 6.61 Å². The zero-order chi connectivity index (χ0) is 10.8. The van der Waals surface area contributed by atoms with Gasteiger partial charge >= 0.3 is 12.0 Å². The first-order chi connectivity index (χ1) is 6.66. The molecule has 0 aliphatic carbocycles. The molecule has 0 saturated heterocycles. The van der Waals surface area contributed by atoms with Crippen LogP contribution in [0, 0.1) is 0 Å². The van der Waals surface area contributed by atoms with E-state index in [2.05, 4.69) is 12.2 Å². The number of nitrogens with one attached hydrogen (secondary N) is 1. The van der Waals surface area contributed by atoms with Crippen molar-refractivity contribution in [1.82, 2.24) is 5.32 Å². The number of hydrogen-bond donors (Lipinski definition) is 2. The van der Waals surface area contributed by atoms with Crippen molar-refractivity contribution in [3.8, 4) is 0 Å². The van der Waals surface area contributed by atoms with Gasteiger partial charge in [0.25, 0.3) is 0 Å². The number of unbranched alkanes of at least 4 members (excludes halogenated alkanes) is 3. The SMILES string of the molecule is CCCCCCOC(=O)CNC(N)=O. The zero-order valence-corrected chi connectivity index (χ0v) is 8.54. The van der Waals surface area contributed by atoms with Gasteiger partial charge in [-0.1, -0.05) is 26.2 Å². The number of esters is 1. The first-order valence-electron chi connectivity index (χ1n) is 4.85. The van der Waals surface area contributed by atoms with Gasteiger partial charge in [-0.05, 0) is 6.42 Å². The average molecular weight is 202 g/mol. The van der Waals surface area contributed by atoms with Crippen LogP contribution in [-0.2, 0) is 9.53 Å². The highest BCUT2D eigenvalue weighted by Gasteiger charge is 2.02. The summed E-state index contributed by atoms with van der Waals surface area (Å²) in [5.41, 5.74) is 4.78. The van der Waals surface area contributed by atoms with E-state index in [1.165, 1.54) is 0 Å². The fourth-order valence-electron chi connectivity index (χ4n) is 0.925. The van der Waals surface area contributed by atoms with E-state index in [0.717, 1.165) is 25.7 Å². The van der Waals surface area contributed by atoms with Gasteiger partial charge in [0.1, 0.15) is 6.54 Å². The summed E-state index contributed by atoms with van der Waals surface area (Å²) in [5.74, 6) is -0.444. The molecule has 0 fully saturated rings. The predicted molar refractivity (Wildman–Crippen MR) is 52.7 cm³/mol. The van der Waals surface area contributed by atoms with Gasteiger partial charge in [-0.3, -0.25) is 4.79 Å². The molecule has 0 aromatic rings. The summed E-state index contributed by atoms with van der Waals surface area (Å²) < 4.78 is 4.83. The number of hydrogen-bond acceptors (Lipinski definition) is 3. The Kier molecular flexibility index (Phi) is 7.59. The molecule has 0 unspecified atom stereocenters. The second-order valence-corrected chi connectivity index (χ2v) is 3.00. The number of carbonyl (C=O) groups excluding carboxylic acids is 2. The minimum atomic E-state index is -0.715. The van der Waals surface area contributed by atoms with Crippen LogP contribution in [0.1, 0.15) is 32.6 Å². The molecule has 3 N–H and O–H groups in total. The summed E-state index contributed by atoms with van der Waals surface area (Å²) >= 11 is 0. The molecule has 0 saturated carbocycles. The van der Waals surface area contributed by atoms with Crippen LogP contribution in [0.25, 0.3) is 0 Å². The molecule has 14 heavy (non-hydrogen) atoms. The summed E-state index contributed by atoms with van der Waals surface area (Å²) in [5, 5.41) is 2.16. The summed E-state index contributed by atoms with van der Waals surface area (Å²) in [6, 6.07) is -0.715. The highest BCUT2D eigenvalue weighted by atomic mass is 16.5. The second-order valence-electron chi connectivity index (χ2n) is 3.00. The van der Waals surface area contributed by atoms with Crippen molar-refractivity contribution in [1.29, 1.82) is 0 Å². The predicted octanol–water partition coefficient (Wildman–Crippen LogP) is 0.778. The molecule has 0 radical (unpaired) electrons. The molecule has 5 heteroatoms. The Balaban J connectivity index is 3.22. The lowest BCUT2D eigenvalue weighted by atomic mass is 10.2. The van der Waals surface area contributed by atoms with Gasteiger partial charge in [-0.25, -0.2) is 4.79 Å².